The lowest BCUT2D eigenvalue weighted by atomic mass is 10.0. The minimum absolute atomic E-state index is 0.00406. The van der Waals surface area contributed by atoms with Gasteiger partial charge in [0.2, 0.25) is 11.6 Å². The van der Waals surface area contributed by atoms with Crippen LogP contribution in [-0.2, 0) is 6.42 Å². The maximum atomic E-state index is 14.1. The number of piperidine rings is 2. The van der Waals surface area contributed by atoms with E-state index in [-0.39, 0.29) is 35.3 Å². The van der Waals surface area contributed by atoms with Crippen LogP contribution in [0, 0.1) is 18.6 Å². The van der Waals surface area contributed by atoms with Crippen molar-refractivity contribution in [3.63, 3.8) is 0 Å². The van der Waals surface area contributed by atoms with Crippen molar-refractivity contribution in [2.45, 2.75) is 71.1 Å². The van der Waals surface area contributed by atoms with E-state index in [1.165, 1.54) is 29.2 Å². The van der Waals surface area contributed by atoms with E-state index < -0.39 is 17.4 Å². The zero-order chi connectivity index (χ0) is 35.1. The molecular weight excluding hydrogens is 642 g/mol. The number of nitrogens with zero attached hydrogens (tertiary/aromatic N) is 5. The van der Waals surface area contributed by atoms with Gasteiger partial charge in [-0.15, -0.1) is 0 Å². The van der Waals surface area contributed by atoms with Gasteiger partial charge in [-0.2, -0.15) is 5.10 Å². The number of pyridine rings is 1. The Hall–Kier alpha value is -4.81. The van der Waals surface area contributed by atoms with Gasteiger partial charge in [0, 0.05) is 50.3 Å². The molecule has 3 aliphatic rings. The zero-order valence-electron chi connectivity index (χ0n) is 28.5. The third-order valence-electron chi connectivity index (χ3n) is 9.99. The summed E-state index contributed by atoms with van der Waals surface area (Å²) in [5.74, 6) is -1.50. The third kappa shape index (κ3) is 6.69. The Kier molecular flexibility index (Phi) is 9.32. The van der Waals surface area contributed by atoms with Gasteiger partial charge in [0.1, 0.15) is 17.7 Å². The quantitative estimate of drug-likeness (QED) is 0.197. The molecule has 12 heteroatoms. The molecule has 0 unspecified atom stereocenters. The number of aliphatic hydroxyl groups excluding tert-OH is 1. The molecule has 7 rings (SSSR count). The first-order valence-electron chi connectivity index (χ1n) is 17.2. The Morgan fingerprint density at radius 3 is 2.40 bits per heavy atom. The number of aryl methyl sites for hydroxylation is 1. The number of fused-ring (bicyclic) bond motifs is 1. The molecule has 0 radical (unpaired) electrons. The minimum atomic E-state index is -0.843. The van der Waals surface area contributed by atoms with Crippen LogP contribution >= 0.6 is 0 Å². The highest BCUT2D eigenvalue weighted by molar-refractivity contribution is 6.15. The Bertz CT molecular complexity index is 1920. The number of aromatic nitrogens is 3. The van der Waals surface area contributed by atoms with E-state index in [2.05, 4.69) is 45.9 Å². The van der Waals surface area contributed by atoms with Crippen LogP contribution < -0.4 is 20.1 Å². The van der Waals surface area contributed by atoms with E-state index in [0.717, 1.165) is 73.7 Å². The number of likely N-dealkylation sites (tertiary alicyclic amines) is 1. The topological polar surface area (TPSA) is 119 Å². The molecule has 262 valence electrons. The Morgan fingerprint density at radius 2 is 1.72 bits per heavy atom. The number of ether oxygens (including phenoxy) is 2. The fraction of sp³-hybridized carbons (Fsp3) is 0.395. The summed E-state index contributed by atoms with van der Waals surface area (Å²) in [5, 5.41) is 14.6. The molecule has 1 aliphatic carbocycles. The van der Waals surface area contributed by atoms with E-state index >= 15 is 0 Å². The average Bonchev–Trinajstić information content (AvgIpc) is 3.69. The number of aliphatic hydroxyl groups is 1. The first kappa shape index (κ1) is 33.7. The SMILES string of the molecule is Cc1cc(Oc2c(F)cccc2F)ncc1-n1ncc(C(=O)C2=Cc3cc(OC4CCN(C(C)C)CC4)c(N4CCC(O)CC4)cc3C2)c1N. The molecule has 0 atom stereocenters. The van der Waals surface area contributed by atoms with Crippen molar-refractivity contribution < 1.29 is 28.2 Å². The first-order valence-corrected chi connectivity index (χ1v) is 17.2. The van der Waals surface area contributed by atoms with Gasteiger partial charge in [0.05, 0.1) is 35.4 Å². The van der Waals surface area contributed by atoms with Crippen LogP contribution in [0.1, 0.15) is 66.6 Å². The van der Waals surface area contributed by atoms with E-state index in [1.807, 2.05) is 6.08 Å². The molecule has 0 bridgehead atoms. The molecule has 2 aliphatic heterocycles. The predicted octanol–water partition coefficient (Wildman–Crippen LogP) is 6.26. The number of carbonyl (C=O) groups excluding carboxylic acids is 1. The summed E-state index contributed by atoms with van der Waals surface area (Å²) in [6, 6.07) is 9.69. The summed E-state index contributed by atoms with van der Waals surface area (Å²) >= 11 is 0. The smallest absolute Gasteiger partial charge is 0.219 e. The molecule has 10 nitrogen and oxygen atoms in total. The third-order valence-corrected chi connectivity index (χ3v) is 9.99. The minimum Gasteiger partial charge on any atom is -0.488 e. The van der Waals surface area contributed by atoms with Crippen LogP contribution in [0.4, 0.5) is 20.3 Å². The van der Waals surface area contributed by atoms with Crippen molar-refractivity contribution >= 4 is 23.4 Å². The van der Waals surface area contributed by atoms with Gasteiger partial charge in [-0.05, 0) is 93.5 Å². The van der Waals surface area contributed by atoms with E-state index in [9.17, 15) is 18.7 Å². The Morgan fingerprint density at radius 1 is 1.00 bits per heavy atom. The number of Topliss-reactive ketones (excluding diaryl/α,β-unsaturated/α-hetero) is 1. The lowest BCUT2D eigenvalue weighted by Gasteiger charge is -2.36. The molecular formula is C38H42F2N6O4. The van der Waals surface area contributed by atoms with Crippen LogP contribution in [0.5, 0.6) is 17.4 Å². The van der Waals surface area contributed by atoms with Crippen LogP contribution in [0.25, 0.3) is 11.8 Å². The average molecular weight is 685 g/mol. The highest BCUT2D eigenvalue weighted by atomic mass is 19.1. The highest BCUT2D eigenvalue weighted by Gasteiger charge is 2.30. The lowest BCUT2D eigenvalue weighted by molar-refractivity contribution is 0.0843. The second-order valence-electron chi connectivity index (χ2n) is 13.7. The van der Waals surface area contributed by atoms with Crippen LogP contribution in [0.3, 0.4) is 0 Å². The van der Waals surface area contributed by atoms with Crippen molar-refractivity contribution in [3.05, 3.63) is 88.3 Å². The van der Waals surface area contributed by atoms with Gasteiger partial charge >= 0.3 is 0 Å². The van der Waals surface area contributed by atoms with Gasteiger partial charge in [-0.3, -0.25) is 4.79 Å². The molecule has 0 saturated carbocycles. The van der Waals surface area contributed by atoms with Gasteiger partial charge in [-0.25, -0.2) is 18.4 Å². The highest BCUT2D eigenvalue weighted by Crippen LogP contribution is 2.40. The van der Waals surface area contributed by atoms with E-state index in [1.54, 1.807) is 6.92 Å². The number of carbonyl (C=O) groups is 1. The van der Waals surface area contributed by atoms with Gasteiger partial charge < -0.3 is 30.1 Å². The molecule has 2 fully saturated rings. The number of allylic oxidation sites excluding steroid dienone is 1. The maximum Gasteiger partial charge on any atom is 0.219 e. The second-order valence-corrected chi connectivity index (χ2v) is 13.7. The van der Waals surface area contributed by atoms with Crippen LogP contribution in [-0.4, -0.2) is 75.0 Å². The number of hydrogen-bond acceptors (Lipinski definition) is 9. The number of halogens is 2. The van der Waals surface area contributed by atoms with Crippen molar-refractivity contribution in [3.8, 4) is 23.1 Å². The van der Waals surface area contributed by atoms with Crippen LogP contribution in [0.2, 0.25) is 0 Å². The van der Waals surface area contributed by atoms with Crippen molar-refractivity contribution in [2.24, 2.45) is 0 Å². The van der Waals surface area contributed by atoms with E-state index in [4.69, 9.17) is 15.2 Å². The molecule has 2 aromatic heterocycles. The number of para-hydroxylation sites is 1. The summed E-state index contributed by atoms with van der Waals surface area (Å²) in [6.07, 6.45) is 8.33. The number of hydrogen-bond donors (Lipinski definition) is 2. The standard InChI is InChI=1S/C38H42F2N6O4/c1-22(2)44-13-9-28(10-14-44)49-34-19-25-17-26(16-24(25)18-32(34)45-11-7-27(47)8-12-45)36(48)29-20-43-46(38(29)41)33-21-42-35(15-23(33)3)50-37-30(39)5-4-6-31(37)40/h4-6,15,17-22,27-28,47H,7-14,16,41H2,1-3H3. The molecule has 2 aromatic carbocycles. The molecule has 50 heavy (non-hydrogen) atoms. The summed E-state index contributed by atoms with van der Waals surface area (Å²) in [5.41, 5.74) is 11.5. The van der Waals surface area contributed by atoms with E-state index in [0.29, 0.717) is 42.1 Å². The second kappa shape index (κ2) is 13.8. The van der Waals surface area contributed by atoms with Crippen molar-refractivity contribution in [2.75, 3.05) is 36.8 Å². The lowest BCUT2D eigenvalue weighted by Crippen LogP contribution is -2.42. The molecule has 2 saturated heterocycles. The van der Waals surface area contributed by atoms with Crippen LogP contribution in [0.15, 0.2) is 54.4 Å². The van der Waals surface area contributed by atoms with Crippen molar-refractivity contribution in [1.29, 1.82) is 0 Å². The first-order chi connectivity index (χ1) is 24.0. The zero-order valence-corrected chi connectivity index (χ0v) is 28.5. The summed E-state index contributed by atoms with van der Waals surface area (Å²) < 4.78 is 41.7. The van der Waals surface area contributed by atoms with Gasteiger partial charge in [0.15, 0.2) is 17.4 Å². The number of ketones is 1. The number of benzene rings is 2. The monoisotopic (exact) mass is 684 g/mol. The number of nitrogens with two attached hydrogens (primary N) is 1. The fourth-order valence-corrected chi connectivity index (χ4v) is 7.03. The number of anilines is 2. The normalized spacial score (nSPS) is 17.3. The Labute approximate surface area is 290 Å². The Balaban J connectivity index is 1.11. The molecule has 4 heterocycles. The summed E-state index contributed by atoms with van der Waals surface area (Å²) in [6.45, 7) is 9.66. The molecule has 0 amide bonds. The largest absolute Gasteiger partial charge is 0.488 e. The summed E-state index contributed by atoms with van der Waals surface area (Å²) in [7, 11) is 0. The molecule has 0 spiro atoms. The molecule has 3 N–H and O–H groups in total. The molecule has 4 aromatic rings. The van der Waals surface area contributed by atoms with Gasteiger partial charge in [0.25, 0.3) is 0 Å². The summed E-state index contributed by atoms with van der Waals surface area (Å²) in [4.78, 5) is 22.9. The number of nitrogen functional groups attached to an aromatic ring is 1. The number of rotatable bonds is 9. The predicted molar refractivity (Wildman–Crippen MR) is 187 cm³/mol. The fourth-order valence-electron chi connectivity index (χ4n) is 7.03. The van der Waals surface area contributed by atoms with Crippen molar-refractivity contribution in [1.82, 2.24) is 19.7 Å². The van der Waals surface area contributed by atoms with Gasteiger partial charge in [-0.1, -0.05) is 6.07 Å². The maximum absolute atomic E-state index is 14.1.